The molecule has 0 saturated heterocycles. The number of carboxylic acid groups (broad SMARTS) is 1. The highest BCUT2D eigenvalue weighted by molar-refractivity contribution is 5.85. The van der Waals surface area contributed by atoms with E-state index in [1.165, 1.54) is 4.90 Å². The summed E-state index contributed by atoms with van der Waals surface area (Å²) >= 11 is 0. The summed E-state index contributed by atoms with van der Waals surface area (Å²) in [4.78, 5) is 24.2. The molecule has 1 atom stereocenters. The molecule has 1 rings (SSSR count). The Morgan fingerprint density at radius 3 is 2.25 bits per heavy atom. The van der Waals surface area contributed by atoms with E-state index < -0.39 is 5.97 Å². The molecular weight excluding hydrogens is 206 g/mol. The maximum absolute atomic E-state index is 12.1. The van der Waals surface area contributed by atoms with Crippen LogP contribution in [0.15, 0.2) is 0 Å². The first kappa shape index (κ1) is 13.0. The van der Waals surface area contributed by atoms with E-state index in [4.69, 9.17) is 5.11 Å². The molecule has 16 heavy (non-hydrogen) atoms. The van der Waals surface area contributed by atoms with E-state index in [9.17, 15) is 9.59 Å². The molecule has 1 amide bonds. The maximum atomic E-state index is 12.1. The van der Waals surface area contributed by atoms with Crippen molar-refractivity contribution >= 4 is 11.9 Å². The molecule has 1 aliphatic rings. The summed E-state index contributed by atoms with van der Waals surface area (Å²) < 4.78 is 0. The van der Waals surface area contributed by atoms with Gasteiger partial charge in [0.25, 0.3) is 0 Å². The number of carbonyl (C=O) groups is 2. The second kappa shape index (κ2) is 4.44. The van der Waals surface area contributed by atoms with Gasteiger partial charge in [-0.25, -0.2) is 0 Å². The van der Waals surface area contributed by atoms with Gasteiger partial charge in [-0.1, -0.05) is 27.7 Å². The summed E-state index contributed by atoms with van der Waals surface area (Å²) in [6.07, 6.45) is 0.875. The van der Waals surface area contributed by atoms with Crippen molar-refractivity contribution in [3.63, 3.8) is 0 Å². The van der Waals surface area contributed by atoms with E-state index in [0.717, 1.165) is 6.42 Å². The second-order valence-electron chi connectivity index (χ2n) is 5.75. The van der Waals surface area contributed by atoms with Gasteiger partial charge in [-0.05, 0) is 17.8 Å². The molecule has 0 bridgehead atoms. The molecule has 0 heterocycles. The quantitative estimate of drug-likeness (QED) is 0.776. The van der Waals surface area contributed by atoms with Crippen LogP contribution < -0.4 is 0 Å². The first-order valence-corrected chi connectivity index (χ1v) is 5.74. The Bertz CT molecular complexity index is 297. The summed E-state index contributed by atoms with van der Waals surface area (Å²) in [5, 5.41) is 8.78. The van der Waals surface area contributed by atoms with Crippen LogP contribution in [0.5, 0.6) is 0 Å². The van der Waals surface area contributed by atoms with E-state index >= 15 is 0 Å². The van der Waals surface area contributed by atoms with Crippen LogP contribution >= 0.6 is 0 Å². The monoisotopic (exact) mass is 227 g/mol. The Morgan fingerprint density at radius 2 is 1.94 bits per heavy atom. The SMILES string of the molecule is CC(C)CN(CC(=O)O)C(=O)C1CC1(C)C. The summed E-state index contributed by atoms with van der Waals surface area (Å²) in [5.41, 5.74) is 0.0603. The third kappa shape index (κ3) is 3.22. The number of hydrogen-bond acceptors (Lipinski definition) is 2. The van der Waals surface area contributed by atoms with Crippen LogP contribution in [0.4, 0.5) is 0 Å². The van der Waals surface area contributed by atoms with Crippen molar-refractivity contribution in [1.82, 2.24) is 4.90 Å². The van der Waals surface area contributed by atoms with E-state index in [1.807, 2.05) is 27.7 Å². The number of amides is 1. The Kier molecular flexibility index (Phi) is 3.61. The van der Waals surface area contributed by atoms with E-state index in [0.29, 0.717) is 12.5 Å². The minimum absolute atomic E-state index is 0.00102. The van der Waals surface area contributed by atoms with Gasteiger partial charge in [-0.2, -0.15) is 0 Å². The Labute approximate surface area is 96.6 Å². The van der Waals surface area contributed by atoms with E-state index in [2.05, 4.69) is 0 Å². The van der Waals surface area contributed by atoms with Crippen LogP contribution in [-0.2, 0) is 9.59 Å². The molecule has 0 aromatic heterocycles. The smallest absolute Gasteiger partial charge is 0.323 e. The lowest BCUT2D eigenvalue weighted by molar-refractivity contribution is -0.145. The van der Waals surface area contributed by atoms with Gasteiger partial charge in [0, 0.05) is 12.5 Å². The highest BCUT2D eigenvalue weighted by Crippen LogP contribution is 2.52. The summed E-state index contributed by atoms with van der Waals surface area (Å²) in [5.74, 6) is -0.621. The van der Waals surface area contributed by atoms with Crippen LogP contribution in [0.3, 0.4) is 0 Å². The van der Waals surface area contributed by atoms with Crippen molar-refractivity contribution in [2.75, 3.05) is 13.1 Å². The molecule has 0 spiro atoms. The molecule has 1 fully saturated rings. The lowest BCUT2D eigenvalue weighted by Gasteiger charge is -2.23. The van der Waals surface area contributed by atoms with Crippen molar-refractivity contribution in [2.45, 2.75) is 34.1 Å². The number of aliphatic carboxylic acids is 1. The van der Waals surface area contributed by atoms with Crippen molar-refractivity contribution in [3.8, 4) is 0 Å². The molecule has 1 unspecified atom stereocenters. The first-order chi connectivity index (χ1) is 7.24. The fraction of sp³-hybridized carbons (Fsp3) is 0.833. The van der Waals surface area contributed by atoms with Crippen LogP contribution in [0.25, 0.3) is 0 Å². The van der Waals surface area contributed by atoms with Crippen LogP contribution in [-0.4, -0.2) is 35.0 Å². The molecular formula is C12H21NO3. The number of rotatable bonds is 5. The van der Waals surface area contributed by atoms with Gasteiger partial charge < -0.3 is 10.0 Å². The lowest BCUT2D eigenvalue weighted by atomic mass is 10.1. The fourth-order valence-corrected chi connectivity index (χ4v) is 1.95. The third-order valence-corrected chi connectivity index (χ3v) is 3.03. The van der Waals surface area contributed by atoms with Crippen LogP contribution in [0, 0.1) is 17.3 Å². The predicted octanol–water partition coefficient (Wildman–Crippen LogP) is 1.60. The zero-order chi connectivity index (χ0) is 12.5. The molecule has 0 aromatic rings. The van der Waals surface area contributed by atoms with Gasteiger partial charge in [0.1, 0.15) is 6.54 Å². The second-order valence-corrected chi connectivity index (χ2v) is 5.75. The van der Waals surface area contributed by atoms with Gasteiger partial charge in [0.15, 0.2) is 0 Å². The summed E-state index contributed by atoms with van der Waals surface area (Å²) in [6.45, 7) is 8.41. The molecule has 1 N–H and O–H groups in total. The lowest BCUT2D eigenvalue weighted by Crippen LogP contribution is -2.39. The summed E-state index contributed by atoms with van der Waals surface area (Å²) in [7, 11) is 0. The van der Waals surface area contributed by atoms with Gasteiger partial charge >= 0.3 is 5.97 Å². The number of hydrogen-bond donors (Lipinski definition) is 1. The predicted molar refractivity (Wildman–Crippen MR) is 60.9 cm³/mol. The van der Waals surface area contributed by atoms with Gasteiger partial charge in [0.2, 0.25) is 5.91 Å². The zero-order valence-electron chi connectivity index (χ0n) is 10.5. The molecule has 0 aromatic carbocycles. The van der Waals surface area contributed by atoms with Crippen molar-refractivity contribution in [2.24, 2.45) is 17.3 Å². The zero-order valence-corrected chi connectivity index (χ0v) is 10.5. The normalized spacial score (nSPS) is 21.9. The molecule has 0 aliphatic heterocycles. The standard InChI is InChI=1S/C12H21NO3/c1-8(2)6-13(7-10(14)15)11(16)9-5-12(9,3)4/h8-9H,5-7H2,1-4H3,(H,14,15). The molecule has 4 heteroatoms. The Balaban J connectivity index is 2.62. The van der Waals surface area contributed by atoms with E-state index in [-0.39, 0.29) is 23.8 Å². The average molecular weight is 227 g/mol. The Morgan fingerprint density at radius 1 is 1.44 bits per heavy atom. The highest BCUT2D eigenvalue weighted by Gasteiger charge is 2.52. The topological polar surface area (TPSA) is 57.6 Å². The van der Waals surface area contributed by atoms with Crippen LogP contribution in [0.2, 0.25) is 0 Å². The van der Waals surface area contributed by atoms with Gasteiger partial charge in [0.05, 0.1) is 0 Å². The fourth-order valence-electron chi connectivity index (χ4n) is 1.95. The molecule has 1 saturated carbocycles. The van der Waals surface area contributed by atoms with E-state index in [1.54, 1.807) is 0 Å². The number of nitrogens with zero attached hydrogens (tertiary/aromatic N) is 1. The van der Waals surface area contributed by atoms with Crippen molar-refractivity contribution < 1.29 is 14.7 Å². The molecule has 92 valence electrons. The Hall–Kier alpha value is -1.06. The van der Waals surface area contributed by atoms with Crippen molar-refractivity contribution in [1.29, 1.82) is 0 Å². The third-order valence-electron chi connectivity index (χ3n) is 3.03. The van der Waals surface area contributed by atoms with Gasteiger partial charge in [-0.3, -0.25) is 9.59 Å². The molecule has 4 nitrogen and oxygen atoms in total. The first-order valence-electron chi connectivity index (χ1n) is 5.74. The number of carboxylic acids is 1. The molecule has 0 radical (unpaired) electrons. The minimum atomic E-state index is -0.938. The maximum Gasteiger partial charge on any atom is 0.323 e. The summed E-state index contributed by atoms with van der Waals surface area (Å²) in [6, 6.07) is 0. The largest absolute Gasteiger partial charge is 0.480 e. The number of carbonyl (C=O) groups excluding carboxylic acids is 1. The molecule has 1 aliphatic carbocycles. The van der Waals surface area contributed by atoms with Crippen molar-refractivity contribution in [3.05, 3.63) is 0 Å². The van der Waals surface area contributed by atoms with Crippen LogP contribution in [0.1, 0.15) is 34.1 Å². The van der Waals surface area contributed by atoms with Gasteiger partial charge in [-0.15, -0.1) is 0 Å². The average Bonchev–Trinajstić information content (AvgIpc) is 2.71. The minimum Gasteiger partial charge on any atom is -0.480 e. The highest BCUT2D eigenvalue weighted by atomic mass is 16.4.